The van der Waals surface area contributed by atoms with Gasteiger partial charge in [-0.2, -0.15) is 11.8 Å². The Morgan fingerprint density at radius 1 is 1.32 bits per heavy atom. The lowest BCUT2D eigenvalue weighted by molar-refractivity contribution is 0.444. The molecule has 0 saturated carbocycles. The number of rotatable bonds is 5. The molecule has 120 valence electrons. The Morgan fingerprint density at radius 3 is 2.86 bits per heavy atom. The van der Waals surface area contributed by atoms with Crippen LogP contribution in [0.4, 0.5) is 5.82 Å². The lowest BCUT2D eigenvalue weighted by atomic mass is 10.2. The van der Waals surface area contributed by atoms with Gasteiger partial charge < -0.3 is 5.32 Å². The van der Waals surface area contributed by atoms with Gasteiger partial charge in [0.25, 0.3) is 0 Å². The molecule has 1 N–H and O–H groups in total. The summed E-state index contributed by atoms with van der Waals surface area (Å²) in [6.45, 7) is 3.60. The van der Waals surface area contributed by atoms with Gasteiger partial charge in [0.05, 0.1) is 11.1 Å². The molecule has 0 aliphatic carbocycles. The second-order valence-electron chi connectivity index (χ2n) is 5.08. The predicted octanol–water partition coefficient (Wildman–Crippen LogP) is 1.79. The third kappa shape index (κ3) is 3.37. The molecule has 0 spiro atoms. The summed E-state index contributed by atoms with van der Waals surface area (Å²) in [5.74, 6) is 2.57. The average molecular weight is 359 g/mol. The van der Waals surface area contributed by atoms with Crippen molar-refractivity contribution in [3.63, 3.8) is 0 Å². The number of hydrogen-bond acceptors (Lipinski definition) is 7. The molecule has 0 radical (unpaired) electrons. The van der Waals surface area contributed by atoms with Crippen LogP contribution in [0.5, 0.6) is 0 Å². The highest BCUT2D eigenvalue weighted by atomic mass is 32.2. The fourth-order valence-electron chi connectivity index (χ4n) is 2.40. The summed E-state index contributed by atoms with van der Waals surface area (Å²) in [6.07, 6.45) is 1.51. The zero-order valence-electron chi connectivity index (χ0n) is 12.3. The molecule has 1 aliphatic rings. The Bertz CT molecular complexity index is 754. The summed E-state index contributed by atoms with van der Waals surface area (Å²) in [5.41, 5.74) is 1.11. The molecule has 9 heteroatoms. The van der Waals surface area contributed by atoms with Crippen molar-refractivity contribution in [2.75, 3.05) is 42.2 Å². The summed E-state index contributed by atoms with van der Waals surface area (Å²) in [5, 5.41) is 6.17. The molecule has 2 aromatic heterocycles. The summed E-state index contributed by atoms with van der Waals surface area (Å²) < 4.78 is 26.2. The summed E-state index contributed by atoms with van der Waals surface area (Å²) in [6, 6.07) is 0. The molecule has 0 atom stereocenters. The van der Waals surface area contributed by atoms with Crippen LogP contribution in [0.25, 0.3) is 10.2 Å². The topological polar surface area (TPSA) is 75.2 Å². The first-order valence-electron chi connectivity index (χ1n) is 7.06. The van der Waals surface area contributed by atoms with Crippen molar-refractivity contribution < 1.29 is 8.42 Å². The number of aryl methyl sites for hydroxylation is 1. The quantitative estimate of drug-likeness (QED) is 0.878. The predicted molar refractivity (Wildman–Crippen MR) is 93.3 cm³/mol. The van der Waals surface area contributed by atoms with E-state index in [0.29, 0.717) is 25.5 Å². The van der Waals surface area contributed by atoms with Crippen LogP contribution >= 0.6 is 23.1 Å². The molecule has 0 amide bonds. The molecule has 3 rings (SSSR count). The van der Waals surface area contributed by atoms with Crippen molar-refractivity contribution in [2.24, 2.45) is 0 Å². The van der Waals surface area contributed by atoms with Gasteiger partial charge >= 0.3 is 0 Å². The number of nitrogens with zero attached hydrogens (tertiary/aromatic N) is 3. The maximum Gasteiger partial charge on any atom is 0.215 e. The Labute approximate surface area is 138 Å². The van der Waals surface area contributed by atoms with Crippen LogP contribution in [0, 0.1) is 6.92 Å². The van der Waals surface area contributed by atoms with Crippen molar-refractivity contribution in [3.8, 4) is 0 Å². The van der Waals surface area contributed by atoms with Gasteiger partial charge in [-0.25, -0.2) is 22.7 Å². The number of thioether (sulfide) groups is 1. The molecule has 3 heterocycles. The van der Waals surface area contributed by atoms with Crippen LogP contribution < -0.4 is 5.32 Å². The van der Waals surface area contributed by atoms with E-state index in [-0.39, 0.29) is 5.75 Å². The molecule has 2 aromatic rings. The van der Waals surface area contributed by atoms with Gasteiger partial charge in [0.15, 0.2) is 0 Å². The van der Waals surface area contributed by atoms with Gasteiger partial charge in [-0.15, -0.1) is 11.3 Å². The van der Waals surface area contributed by atoms with E-state index >= 15 is 0 Å². The minimum absolute atomic E-state index is 0.0896. The Morgan fingerprint density at radius 2 is 2.09 bits per heavy atom. The fourth-order valence-corrected chi connectivity index (χ4v) is 5.78. The van der Waals surface area contributed by atoms with E-state index in [1.54, 1.807) is 27.4 Å². The van der Waals surface area contributed by atoms with Crippen LogP contribution in [0.1, 0.15) is 5.56 Å². The first-order valence-corrected chi connectivity index (χ1v) is 10.7. The van der Waals surface area contributed by atoms with Crippen LogP contribution in [0.3, 0.4) is 0 Å². The Hall–Kier alpha value is -0.900. The van der Waals surface area contributed by atoms with Crippen molar-refractivity contribution >= 4 is 49.2 Å². The van der Waals surface area contributed by atoms with E-state index in [4.69, 9.17) is 0 Å². The van der Waals surface area contributed by atoms with Gasteiger partial charge in [-0.1, -0.05) is 0 Å². The minimum atomic E-state index is -3.19. The summed E-state index contributed by atoms with van der Waals surface area (Å²) in [7, 11) is -3.19. The molecule has 1 fully saturated rings. The molecular formula is C13H18N4O2S3. The standard InChI is InChI=1S/C13H18N4O2S3/c1-10-8-21-13-11(10)12(15-9-16-13)14-2-7-22(18,19)17-3-5-20-6-4-17/h8-9H,2-7H2,1H3,(H,14,15,16). The lowest BCUT2D eigenvalue weighted by Crippen LogP contribution is -2.40. The zero-order chi connectivity index (χ0) is 15.6. The van der Waals surface area contributed by atoms with Gasteiger partial charge in [0.1, 0.15) is 17.0 Å². The molecule has 1 aliphatic heterocycles. The number of fused-ring (bicyclic) bond motifs is 1. The zero-order valence-corrected chi connectivity index (χ0v) is 14.7. The largest absolute Gasteiger partial charge is 0.368 e. The van der Waals surface area contributed by atoms with Gasteiger partial charge in [0.2, 0.25) is 10.0 Å². The van der Waals surface area contributed by atoms with E-state index in [1.807, 2.05) is 12.3 Å². The summed E-state index contributed by atoms with van der Waals surface area (Å²) in [4.78, 5) is 9.40. The highest BCUT2D eigenvalue weighted by Crippen LogP contribution is 2.28. The second kappa shape index (κ2) is 6.69. The van der Waals surface area contributed by atoms with E-state index in [2.05, 4.69) is 15.3 Å². The van der Waals surface area contributed by atoms with Crippen molar-refractivity contribution in [1.29, 1.82) is 0 Å². The number of sulfonamides is 1. The van der Waals surface area contributed by atoms with E-state index in [1.165, 1.54) is 6.33 Å². The van der Waals surface area contributed by atoms with Crippen molar-refractivity contribution in [1.82, 2.24) is 14.3 Å². The number of anilines is 1. The number of aromatic nitrogens is 2. The first-order chi connectivity index (χ1) is 10.6. The van der Waals surface area contributed by atoms with Crippen molar-refractivity contribution in [2.45, 2.75) is 6.92 Å². The van der Waals surface area contributed by atoms with Gasteiger partial charge in [-0.05, 0) is 17.9 Å². The van der Waals surface area contributed by atoms with E-state index < -0.39 is 10.0 Å². The van der Waals surface area contributed by atoms with Crippen LogP contribution in [0.2, 0.25) is 0 Å². The third-order valence-electron chi connectivity index (χ3n) is 3.57. The highest BCUT2D eigenvalue weighted by Gasteiger charge is 2.23. The second-order valence-corrected chi connectivity index (χ2v) is 9.25. The normalized spacial score (nSPS) is 17.0. The highest BCUT2D eigenvalue weighted by molar-refractivity contribution is 7.99. The average Bonchev–Trinajstić information content (AvgIpc) is 2.90. The smallest absolute Gasteiger partial charge is 0.215 e. The summed E-state index contributed by atoms with van der Waals surface area (Å²) >= 11 is 3.37. The number of hydrogen-bond donors (Lipinski definition) is 1. The van der Waals surface area contributed by atoms with E-state index in [0.717, 1.165) is 27.3 Å². The number of thiophene rings is 1. The molecule has 6 nitrogen and oxygen atoms in total. The fraction of sp³-hybridized carbons (Fsp3) is 0.538. The first kappa shape index (κ1) is 16.0. The molecular weight excluding hydrogens is 340 g/mol. The monoisotopic (exact) mass is 358 g/mol. The lowest BCUT2D eigenvalue weighted by Gasteiger charge is -2.25. The Kier molecular flexibility index (Phi) is 4.86. The number of nitrogens with one attached hydrogen (secondary N) is 1. The van der Waals surface area contributed by atoms with E-state index in [9.17, 15) is 8.42 Å². The third-order valence-corrected chi connectivity index (χ3v) is 7.39. The van der Waals surface area contributed by atoms with Gasteiger partial charge in [0, 0.05) is 31.1 Å². The maximum atomic E-state index is 12.3. The Balaban J connectivity index is 1.66. The SMILES string of the molecule is Cc1csc2ncnc(NCCS(=O)(=O)N3CCSCC3)c12. The molecule has 22 heavy (non-hydrogen) atoms. The van der Waals surface area contributed by atoms with Crippen LogP contribution in [0.15, 0.2) is 11.7 Å². The maximum absolute atomic E-state index is 12.3. The molecule has 0 bridgehead atoms. The molecule has 0 unspecified atom stereocenters. The van der Waals surface area contributed by atoms with Crippen LogP contribution in [-0.2, 0) is 10.0 Å². The molecule has 0 aromatic carbocycles. The van der Waals surface area contributed by atoms with Gasteiger partial charge in [-0.3, -0.25) is 0 Å². The van der Waals surface area contributed by atoms with Crippen LogP contribution in [-0.4, -0.2) is 59.6 Å². The molecule has 1 saturated heterocycles. The minimum Gasteiger partial charge on any atom is -0.368 e. The van der Waals surface area contributed by atoms with Crippen molar-refractivity contribution in [3.05, 3.63) is 17.3 Å².